The Labute approximate surface area is 169 Å². The van der Waals surface area contributed by atoms with E-state index in [4.69, 9.17) is 9.72 Å². The van der Waals surface area contributed by atoms with Gasteiger partial charge in [0.1, 0.15) is 16.4 Å². The monoisotopic (exact) mass is 397 g/mol. The molecule has 0 aliphatic carbocycles. The van der Waals surface area contributed by atoms with E-state index in [1.54, 1.807) is 18.4 Å². The second-order valence-corrected chi connectivity index (χ2v) is 8.63. The maximum atomic E-state index is 13.5. The molecule has 2 aromatic heterocycles. The zero-order valence-electron chi connectivity index (χ0n) is 16.8. The highest BCUT2D eigenvalue weighted by atomic mass is 32.1. The Morgan fingerprint density at radius 1 is 1.25 bits per heavy atom. The molecule has 0 N–H and O–H groups in total. The Bertz CT molecular complexity index is 1030. The second-order valence-electron chi connectivity index (χ2n) is 7.51. The minimum atomic E-state index is 0.111. The van der Waals surface area contributed by atoms with Gasteiger partial charge in [0.15, 0.2) is 0 Å². The van der Waals surface area contributed by atoms with Gasteiger partial charge in [-0.15, -0.1) is 11.3 Å². The van der Waals surface area contributed by atoms with E-state index in [1.807, 2.05) is 28.8 Å². The highest BCUT2D eigenvalue weighted by Gasteiger charge is 2.24. The number of fused-ring (bicyclic) bond motifs is 1. The third-order valence-corrected chi connectivity index (χ3v) is 6.84. The molecule has 0 spiro atoms. The van der Waals surface area contributed by atoms with E-state index >= 15 is 0 Å². The summed E-state index contributed by atoms with van der Waals surface area (Å²) in [6.45, 7) is 4.14. The fraction of sp³-hybridized carbons (Fsp3) is 0.455. The highest BCUT2D eigenvalue weighted by molar-refractivity contribution is 7.18. The van der Waals surface area contributed by atoms with Gasteiger partial charge in [-0.3, -0.25) is 9.36 Å². The van der Waals surface area contributed by atoms with Crippen LogP contribution in [0, 0.1) is 0 Å². The molecule has 148 valence electrons. The summed E-state index contributed by atoms with van der Waals surface area (Å²) < 4.78 is 7.52. The summed E-state index contributed by atoms with van der Waals surface area (Å²) in [6.07, 6.45) is 3.48. The molecule has 1 aliphatic heterocycles. The van der Waals surface area contributed by atoms with Crippen molar-refractivity contribution in [1.29, 1.82) is 0 Å². The number of aromatic nitrogens is 2. The summed E-state index contributed by atoms with van der Waals surface area (Å²) in [5.41, 5.74) is 1.17. The van der Waals surface area contributed by atoms with Crippen molar-refractivity contribution in [1.82, 2.24) is 14.5 Å². The first-order chi connectivity index (χ1) is 13.6. The molecule has 0 unspecified atom stereocenters. The third-order valence-electron chi connectivity index (χ3n) is 5.66. The van der Waals surface area contributed by atoms with Gasteiger partial charge in [0.2, 0.25) is 0 Å². The number of thiophene rings is 1. The fourth-order valence-corrected chi connectivity index (χ4v) is 5.01. The second kappa shape index (κ2) is 8.05. The number of rotatable bonds is 5. The third kappa shape index (κ3) is 3.59. The van der Waals surface area contributed by atoms with Gasteiger partial charge in [-0.1, -0.05) is 25.1 Å². The summed E-state index contributed by atoms with van der Waals surface area (Å²) in [4.78, 5) is 22.9. The molecule has 0 bridgehead atoms. The van der Waals surface area contributed by atoms with Crippen molar-refractivity contribution in [2.45, 2.75) is 38.6 Å². The molecule has 1 saturated heterocycles. The smallest absolute Gasteiger partial charge is 0.262 e. The molecule has 4 rings (SSSR count). The van der Waals surface area contributed by atoms with Crippen LogP contribution >= 0.6 is 11.3 Å². The van der Waals surface area contributed by atoms with Crippen molar-refractivity contribution >= 4 is 21.6 Å². The van der Waals surface area contributed by atoms with E-state index in [2.05, 4.69) is 24.9 Å². The Morgan fingerprint density at radius 3 is 2.71 bits per heavy atom. The Morgan fingerprint density at radius 2 is 2.00 bits per heavy atom. The van der Waals surface area contributed by atoms with E-state index in [0.29, 0.717) is 6.42 Å². The number of likely N-dealkylation sites (tertiary alicyclic amines) is 1. The molecule has 1 aromatic carbocycles. The number of ether oxygens (including phenoxy) is 1. The number of hydrogen-bond donors (Lipinski definition) is 0. The predicted octanol–water partition coefficient (Wildman–Crippen LogP) is 3.89. The lowest BCUT2D eigenvalue weighted by Gasteiger charge is -2.31. The number of benzene rings is 1. The van der Waals surface area contributed by atoms with Gasteiger partial charge in [-0.2, -0.15) is 0 Å². The first kappa shape index (κ1) is 19.2. The van der Waals surface area contributed by atoms with Crippen molar-refractivity contribution in [3.63, 3.8) is 0 Å². The van der Waals surface area contributed by atoms with E-state index in [1.165, 1.54) is 4.88 Å². The molecule has 0 saturated carbocycles. The maximum Gasteiger partial charge on any atom is 0.262 e. The van der Waals surface area contributed by atoms with Crippen LogP contribution in [-0.2, 0) is 12.8 Å². The zero-order valence-corrected chi connectivity index (χ0v) is 17.6. The first-order valence-electron chi connectivity index (χ1n) is 9.95. The van der Waals surface area contributed by atoms with Crippen LogP contribution in [-0.4, -0.2) is 41.7 Å². The summed E-state index contributed by atoms with van der Waals surface area (Å²) in [6, 6.07) is 10.2. The minimum Gasteiger partial charge on any atom is -0.496 e. The van der Waals surface area contributed by atoms with Gasteiger partial charge in [-0.25, -0.2) is 4.98 Å². The number of methoxy groups -OCH3 is 1. The van der Waals surface area contributed by atoms with Crippen LogP contribution in [0.3, 0.4) is 0 Å². The van der Waals surface area contributed by atoms with Gasteiger partial charge in [-0.05, 0) is 51.5 Å². The SMILES string of the molecule is CCc1cc2c(=O)n(C3CCN(C)CC3)c(Cc3ccccc3OC)nc2s1. The summed E-state index contributed by atoms with van der Waals surface area (Å²) in [7, 11) is 3.83. The first-order valence-corrected chi connectivity index (χ1v) is 10.8. The molecule has 3 aromatic rings. The molecular formula is C22H27N3O2S. The predicted molar refractivity (Wildman–Crippen MR) is 115 cm³/mol. The Hall–Kier alpha value is -2.18. The van der Waals surface area contributed by atoms with Gasteiger partial charge >= 0.3 is 0 Å². The van der Waals surface area contributed by atoms with Gasteiger partial charge < -0.3 is 9.64 Å². The van der Waals surface area contributed by atoms with Crippen LogP contribution < -0.4 is 10.3 Å². The minimum absolute atomic E-state index is 0.111. The van der Waals surface area contributed by atoms with Crippen LogP contribution in [0.2, 0.25) is 0 Å². The zero-order chi connectivity index (χ0) is 19.7. The summed E-state index contributed by atoms with van der Waals surface area (Å²) in [5, 5.41) is 0.768. The lowest BCUT2D eigenvalue weighted by atomic mass is 10.0. The van der Waals surface area contributed by atoms with Crippen molar-refractivity contribution in [2.24, 2.45) is 0 Å². The van der Waals surface area contributed by atoms with Crippen LogP contribution in [0.4, 0.5) is 0 Å². The molecule has 0 radical (unpaired) electrons. The largest absolute Gasteiger partial charge is 0.496 e. The molecular weight excluding hydrogens is 370 g/mol. The molecule has 1 fully saturated rings. The van der Waals surface area contributed by atoms with Crippen LogP contribution in [0.1, 0.15) is 42.1 Å². The molecule has 0 atom stereocenters. The van der Waals surface area contributed by atoms with E-state index < -0.39 is 0 Å². The average Bonchev–Trinajstić information content (AvgIpc) is 3.13. The van der Waals surface area contributed by atoms with Crippen molar-refractivity contribution in [3.8, 4) is 5.75 Å². The molecule has 1 aliphatic rings. The molecule has 3 heterocycles. The molecule has 6 heteroatoms. The van der Waals surface area contributed by atoms with Crippen molar-refractivity contribution in [3.05, 3.63) is 57.0 Å². The van der Waals surface area contributed by atoms with Gasteiger partial charge in [0.05, 0.1) is 12.5 Å². The Balaban J connectivity index is 1.85. The maximum absolute atomic E-state index is 13.5. The lowest BCUT2D eigenvalue weighted by Crippen LogP contribution is -2.37. The normalized spacial score (nSPS) is 16.0. The highest BCUT2D eigenvalue weighted by Crippen LogP contribution is 2.28. The topological polar surface area (TPSA) is 47.4 Å². The Kier molecular flexibility index (Phi) is 5.51. The number of hydrogen-bond acceptors (Lipinski definition) is 5. The van der Waals surface area contributed by atoms with Gasteiger partial charge in [0, 0.05) is 22.9 Å². The number of nitrogens with zero attached hydrogens (tertiary/aromatic N) is 3. The van der Waals surface area contributed by atoms with Crippen molar-refractivity contribution < 1.29 is 4.74 Å². The molecule has 5 nitrogen and oxygen atoms in total. The summed E-state index contributed by atoms with van der Waals surface area (Å²) in [5.74, 6) is 1.69. The number of piperidine rings is 1. The van der Waals surface area contributed by atoms with Crippen molar-refractivity contribution in [2.75, 3.05) is 27.2 Å². The van der Waals surface area contributed by atoms with E-state index in [-0.39, 0.29) is 11.6 Å². The fourth-order valence-electron chi connectivity index (χ4n) is 4.03. The summed E-state index contributed by atoms with van der Waals surface area (Å²) >= 11 is 1.64. The number of aryl methyl sites for hydroxylation is 1. The molecule has 0 amide bonds. The quantitative estimate of drug-likeness (QED) is 0.655. The van der Waals surface area contributed by atoms with E-state index in [9.17, 15) is 4.79 Å². The standard InChI is InChI=1S/C22H27N3O2S/c1-4-17-14-18-21(28-17)23-20(13-15-7-5-6-8-19(15)27-3)25(22(18)26)16-9-11-24(2)12-10-16/h5-8,14,16H,4,9-13H2,1-3H3. The average molecular weight is 398 g/mol. The lowest BCUT2D eigenvalue weighted by molar-refractivity contribution is 0.216. The van der Waals surface area contributed by atoms with E-state index in [0.717, 1.165) is 59.7 Å². The van der Waals surface area contributed by atoms with Crippen LogP contribution in [0.25, 0.3) is 10.2 Å². The van der Waals surface area contributed by atoms with Crippen LogP contribution in [0.15, 0.2) is 35.1 Å². The van der Waals surface area contributed by atoms with Gasteiger partial charge in [0.25, 0.3) is 5.56 Å². The molecule has 28 heavy (non-hydrogen) atoms. The number of para-hydroxylation sites is 1. The van der Waals surface area contributed by atoms with Crippen LogP contribution in [0.5, 0.6) is 5.75 Å².